The smallest absolute Gasteiger partial charge is 0.123 e. The van der Waals surface area contributed by atoms with Gasteiger partial charge in [-0.05, 0) is 50.0 Å². The van der Waals surface area contributed by atoms with Crippen LogP contribution in [0.3, 0.4) is 0 Å². The SMILES string of the molecule is CCNC(CCN1CCC(OC)CC1)c1cccc(F)c1. The molecule has 0 aliphatic carbocycles. The Bertz CT molecular complexity index is 419. The standard InChI is InChI=1S/C17H27FN2O/c1-3-19-17(14-5-4-6-15(18)13-14)9-12-20-10-7-16(21-2)8-11-20/h4-6,13,16-17,19H,3,7-12H2,1-2H3. The van der Waals surface area contributed by atoms with Crippen molar-refractivity contribution in [3.8, 4) is 0 Å². The van der Waals surface area contributed by atoms with Crippen molar-refractivity contribution in [3.05, 3.63) is 35.6 Å². The third kappa shape index (κ3) is 5.06. The molecule has 1 N–H and O–H groups in total. The number of methoxy groups -OCH3 is 1. The van der Waals surface area contributed by atoms with Crippen LogP contribution >= 0.6 is 0 Å². The third-order valence-corrected chi connectivity index (χ3v) is 4.30. The van der Waals surface area contributed by atoms with Crippen LogP contribution in [0.4, 0.5) is 4.39 Å². The topological polar surface area (TPSA) is 24.5 Å². The molecule has 0 radical (unpaired) electrons. The molecule has 1 heterocycles. The van der Waals surface area contributed by atoms with Crippen molar-refractivity contribution in [2.75, 3.05) is 33.3 Å². The van der Waals surface area contributed by atoms with Crippen LogP contribution in [-0.2, 0) is 4.74 Å². The van der Waals surface area contributed by atoms with E-state index in [4.69, 9.17) is 4.74 Å². The van der Waals surface area contributed by atoms with E-state index in [2.05, 4.69) is 17.1 Å². The lowest BCUT2D eigenvalue weighted by Crippen LogP contribution is -2.38. The predicted octanol–water partition coefficient (Wildman–Crippen LogP) is 2.98. The van der Waals surface area contributed by atoms with Crippen LogP contribution in [0.1, 0.15) is 37.8 Å². The number of nitrogens with zero attached hydrogens (tertiary/aromatic N) is 1. The minimum Gasteiger partial charge on any atom is -0.381 e. The largest absolute Gasteiger partial charge is 0.381 e. The van der Waals surface area contributed by atoms with E-state index in [0.29, 0.717) is 6.10 Å². The minimum absolute atomic E-state index is 0.156. The molecular weight excluding hydrogens is 267 g/mol. The number of likely N-dealkylation sites (tertiary alicyclic amines) is 1. The molecule has 3 nitrogen and oxygen atoms in total. The molecule has 1 aliphatic rings. The summed E-state index contributed by atoms with van der Waals surface area (Å²) in [5.74, 6) is -0.156. The maximum absolute atomic E-state index is 13.4. The molecule has 0 bridgehead atoms. The van der Waals surface area contributed by atoms with Gasteiger partial charge in [0.2, 0.25) is 0 Å². The molecule has 1 aromatic rings. The van der Waals surface area contributed by atoms with Gasteiger partial charge in [0.25, 0.3) is 0 Å². The average Bonchev–Trinajstić information content (AvgIpc) is 2.52. The highest BCUT2D eigenvalue weighted by atomic mass is 19.1. The molecule has 4 heteroatoms. The van der Waals surface area contributed by atoms with E-state index in [9.17, 15) is 4.39 Å². The average molecular weight is 294 g/mol. The summed E-state index contributed by atoms with van der Waals surface area (Å²) in [5, 5.41) is 3.47. The van der Waals surface area contributed by atoms with Gasteiger partial charge in [-0.25, -0.2) is 4.39 Å². The van der Waals surface area contributed by atoms with Gasteiger partial charge in [-0.2, -0.15) is 0 Å². The molecular formula is C17H27FN2O. The van der Waals surface area contributed by atoms with Crippen molar-refractivity contribution < 1.29 is 9.13 Å². The van der Waals surface area contributed by atoms with Crippen LogP contribution in [-0.4, -0.2) is 44.3 Å². The Hall–Kier alpha value is -0.970. The molecule has 1 aliphatic heterocycles. The van der Waals surface area contributed by atoms with Crippen LogP contribution in [0.25, 0.3) is 0 Å². The number of hydrogen-bond acceptors (Lipinski definition) is 3. The Morgan fingerprint density at radius 3 is 2.76 bits per heavy atom. The molecule has 118 valence electrons. The fourth-order valence-corrected chi connectivity index (χ4v) is 3.04. The van der Waals surface area contributed by atoms with Crippen molar-refractivity contribution in [2.45, 2.75) is 38.3 Å². The summed E-state index contributed by atoms with van der Waals surface area (Å²) in [7, 11) is 1.80. The Balaban J connectivity index is 1.86. The van der Waals surface area contributed by atoms with Gasteiger partial charge < -0.3 is 15.0 Å². The summed E-state index contributed by atoms with van der Waals surface area (Å²) < 4.78 is 18.8. The van der Waals surface area contributed by atoms with Crippen molar-refractivity contribution in [1.29, 1.82) is 0 Å². The second-order valence-corrected chi connectivity index (χ2v) is 5.73. The molecule has 0 amide bonds. The van der Waals surface area contributed by atoms with E-state index in [-0.39, 0.29) is 11.9 Å². The third-order valence-electron chi connectivity index (χ3n) is 4.30. The van der Waals surface area contributed by atoms with E-state index < -0.39 is 0 Å². The van der Waals surface area contributed by atoms with Crippen LogP contribution in [0.5, 0.6) is 0 Å². The van der Waals surface area contributed by atoms with Crippen molar-refractivity contribution >= 4 is 0 Å². The lowest BCUT2D eigenvalue weighted by Gasteiger charge is -2.32. The second kappa shape index (κ2) is 8.47. The first-order valence-corrected chi connectivity index (χ1v) is 7.97. The van der Waals surface area contributed by atoms with Gasteiger partial charge in [0.15, 0.2) is 0 Å². The summed E-state index contributed by atoms with van der Waals surface area (Å²) in [6.45, 7) is 6.23. The van der Waals surface area contributed by atoms with Gasteiger partial charge in [-0.3, -0.25) is 0 Å². The Labute approximate surface area is 127 Å². The Morgan fingerprint density at radius 2 is 2.14 bits per heavy atom. The number of ether oxygens (including phenoxy) is 1. The summed E-state index contributed by atoms with van der Waals surface area (Å²) >= 11 is 0. The van der Waals surface area contributed by atoms with Gasteiger partial charge in [0, 0.05) is 26.2 Å². The van der Waals surface area contributed by atoms with Crippen molar-refractivity contribution in [3.63, 3.8) is 0 Å². The molecule has 1 aromatic carbocycles. The summed E-state index contributed by atoms with van der Waals surface area (Å²) in [6.07, 6.45) is 3.66. The number of benzene rings is 1. The van der Waals surface area contributed by atoms with Gasteiger partial charge in [0.05, 0.1) is 6.10 Å². The quantitative estimate of drug-likeness (QED) is 0.837. The fraction of sp³-hybridized carbons (Fsp3) is 0.647. The highest BCUT2D eigenvalue weighted by Gasteiger charge is 2.20. The van der Waals surface area contributed by atoms with E-state index in [1.54, 1.807) is 19.2 Å². The number of halogens is 1. The van der Waals surface area contributed by atoms with E-state index in [1.807, 2.05) is 6.07 Å². The van der Waals surface area contributed by atoms with Crippen molar-refractivity contribution in [1.82, 2.24) is 10.2 Å². The van der Waals surface area contributed by atoms with Gasteiger partial charge >= 0.3 is 0 Å². The molecule has 1 unspecified atom stereocenters. The summed E-state index contributed by atoms with van der Waals surface area (Å²) in [6, 6.07) is 7.17. The molecule has 1 saturated heterocycles. The molecule has 0 saturated carbocycles. The Kier molecular flexibility index (Phi) is 6.61. The molecule has 1 atom stereocenters. The second-order valence-electron chi connectivity index (χ2n) is 5.73. The van der Waals surface area contributed by atoms with E-state index in [0.717, 1.165) is 51.0 Å². The highest BCUT2D eigenvalue weighted by molar-refractivity contribution is 5.20. The molecule has 0 spiro atoms. The summed E-state index contributed by atoms with van der Waals surface area (Å²) in [5.41, 5.74) is 1.05. The molecule has 2 rings (SSSR count). The zero-order chi connectivity index (χ0) is 15.1. The molecule has 0 aromatic heterocycles. The van der Waals surface area contributed by atoms with Crippen LogP contribution < -0.4 is 5.32 Å². The maximum Gasteiger partial charge on any atom is 0.123 e. The number of nitrogens with one attached hydrogen (secondary N) is 1. The molecule has 21 heavy (non-hydrogen) atoms. The highest BCUT2D eigenvalue weighted by Crippen LogP contribution is 2.20. The van der Waals surface area contributed by atoms with Crippen LogP contribution in [0.2, 0.25) is 0 Å². The van der Waals surface area contributed by atoms with Gasteiger partial charge in [0.1, 0.15) is 5.82 Å². The first kappa shape index (κ1) is 16.4. The first-order valence-electron chi connectivity index (χ1n) is 7.97. The van der Waals surface area contributed by atoms with Gasteiger partial charge in [-0.15, -0.1) is 0 Å². The molecule has 1 fully saturated rings. The lowest BCUT2D eigenvalue weighted by molar-refractivity contribution is 0.0401. The Morgan fingerprint density at radius 1 is 1.38 bits per heavy atom. The summed E-state index contributed by atoms with van der Waals surface area (Å²) in [4.78, 5) is 2.49. The zero-order valence-electron chi connectivity index (χ0n) is 13.1. The monoisotopic (exact) mass is 294 g/mol. The maximum atomic E-state index is 13.4. The fourth-order valence-electron chi connectivity index (χ4n) is 3.04. The van der Waals surface area contributed by atoms with Crippen molar-refractivity contribution in [2.24, 2.45) is 0 Å². The number of rotatable bonds is 7. The van der Waals surface area contributed by atoms with E-state index in [1.165, 1.54) is 6.07 Å². The first-order chi connectivity index (χ1) is 10.2. The number of piperidine rings is 1. The van der Waals surface area contributed by atoms with Crippen LogP contribution in [0.15, 0.2) is 24.3 Å². The lowest BCUT2D eigenvalue weighted by atomic mass is 10.0. The van der Waals surface area contributed by atoms with Gasteiger partial charge in [-0.1, -0.05) is 19.1 Å². The van der Waals surface area contributed by atoms with Crippen LogP contribution in [0, 0.1) is 5.82 Å². The predicted molar refractivity (Wildman–Crippen MR) is 83.9 cm³/mol. The number of hydrogen-bond donors (Lipinski definition) is 1. The minimum atomic E-state index is -0.156. The normalized spacial score (nSPS) is 18.8. The van der Waals surface area contributed by atoms with E-state index >= 15 is 0 Å². The zero-order valence-corrected chi connectivity index (χ0v) is 13.1.